The number of alkyl halides is 3. The highest BCUT2D eigenvalue weighted by Gasteiger charge is 2.30. The first kappa shape index (κ1) is 16.5. The average Bonchev–Trinajstić information content (AvgIpc) is 2.42. The molecule has 1 amide bonds. The summed E-state index contributed by atoms with van der Waals surface area (Å²) >= 11 is 0. The molecule has 1 N–H and O–H groups in total. The minimum Gasteiger partial charge on any atom is -0.345 e. The van der Waals surface area contributed by atoms with E-state index in [1.807, 2.05) is 6.92 Å². The number of nitrogens with one attached hydrogen (secondary N) is 1. The van der Waals surface area contributed by atoms with Crippen LogP contribution in [0.1, 0.15) is 25.0 Å². The van der Waals surface area contributed by atoms with Crippen molar-refractivity contribution in [2.75, 3.05) is 13.6 Å². The zero-order chi connectivity index (χ0) is 15.3. The summed E-state index contributed by atoms with van der Waals surface area (Å²) in [4.78, 5) is 13.4. The van der Waals surface area contributed by atoms with E-state index in [0.717, 1.165) is 12.1 Å². The van der Waals surface area contributed by atoms with Crippen molar-refractivity contribution in [3.8, 4) is 0 Å². The fraction of sp³-hybridized carbons (Fsp3) is 0.500. The number of amides is 1. The molecule has 3 nitrogen and oxygen atoms in total. The van der Waals surface area contributed by atoms with Gasteiger partial charge in [-0.2, -0.15) is 13.2 Å². The molecule has 6 heteroatoms. The first-order valence-corrected chi connectivity index (χ1v) is 6.40. The third-order valence-corrected chi connectivity index (χ3v) is 3.09. The fourth-order valence-corrected chi connectivity index (χ4v) is 1.70. The Balaban J connectivity index is 2.64. The van der Waals surface area contributed by atoms with Crippen molar-refractivity contribution in [1.82, 2.24) is 10.2 Å². The van der Waals surface area contributed by atoms with Crippen molar-refractivity contribution in [3.63, 3.8) is 0 Å². The fourth-order valence-electron chi connectivity index (χ4n) is 1.70. The number of likely N-dealkylation sites (N-methyl/N-ethyl adjacent to an activating group) is 1. The van der Waals surface area contributed by atoms with Gasteiger partial charge in [-0.3, -0.25) is 4.79 Å². The summed E-state index contributed by atoms with van der Waals surface area (Å²) in [6, 6.07) is 4.65. The van der Waals surface area contributed by atoms with Gasteiger partial charge in [-0.15, -0.1) is 0 Å². The summed E-state index contributed by atoms with van der Waals surface area (Å²) in [5, 5.41) is 2.93. The monoisotopic (exact) mass is 288 g/mol. The lowest BCUT2D eigenvalue weighted by Crippen LogP contribution is -2.42. The lowest BCUT2D eigenvalue weighted by atomic mass is 10.1. The largest absolute Gasteiger partial charge is 0.416 e. The van der Waals surface area contributed by atoms with Crippen LogP contribution in [0.4, 0.5) is 13.2 Å². The van der Waals surface area contributed by atoms with Gasteiger partial charge < -0.3 is 10.2 Å². The Morgan fingerprint density at radius 3 is 2.60 bits per heavy atom. The van der Waals surface area contributed by atoms with Gasteiger partial charge in [-0.25, -0.2) is 0 Å². The van der Waals surface area contributed by atoms with Gasteiger partial charge in [-0.1, -0.05) is 18.2 Å². The molecule has 1 atom stereocenters. The van der Waals surface area contributed by atoms with Crippen LogP contribution < -0.4 is 5.32 Å². The minimum absolute atomic E-state index is 0.0838. The predicted octanol–water partition coefficient (Wildman–Crippen LogP) is 2.66. The molecule has 0 saturated carbocycles. The van der Waals surface area contributed by atoms with Gasteiger partial charge in [-0.05, 0) is 25.5 Å². The van der Waals surface area contributed by atoms with Crippen molar-refractivity contribution in [2.24, 2.45) is 0 Å². The molecule has 0 aliphatic carbocycles. The number of halogens is 3. The number of carbonyl (C=O) groups is 1. The quantitative estimate of drug-likeness (QED) is 0.903. The van der Waals surface area contributed by atoms with E-state index < -0.39 is 17.8 Å². The summed E-state index contributed by atoms with van der Waals surface area (Å²) in [5.41, 5.74) is -0.180. The lowest BCUT2D eigenvalue weighted by molar-refractivity contribution is -0.137. The molecule has 0 spiro atoms. The molecule has 0 aromatic heterocycles. The third kappa shape index (κ3) is 4.52. The van der Waals surface area contributed by atoms with Crippen LogP contribution in [0.2, 0.25) is 0 Å². The molecule has 112 valence electrons. The second-order valence-electron chi connectivity index (χ2n) is 4.65. The number of hydrogen-bond acceptors (Lipinski definition) is 2. The summed E-state index contributed by atoms with van der Waals surface area (Å²) < 4.78 is 37.7. The highest BCUT2D eigenvalue weighted by Crippen LogP contribution is 2.29. The van der Waals surface area contributed by atoms with Crippen molar-refractivity contribution in [1.29, 1.82) is 0 Å². The lowest BCUT2D eigenvalue weighted by Gasteiger charge is -2.20. The molecule has 0 saturated heterocycles. The highest BCUT2D eigenvalue weighted by atomic mass is 19.4. The molecule has 1 rings (SSSR count). The van der Waals surface area contributed by atoms with E-state index in [9.17, 15) is 18.0 Å². The van der Waals surface area contributed by atoms with Crippen LogP contribution in [0, 0.1) is 0 Å². The minimum atomic E-state index is -4.35. The zero-order valence-electron chi connectivity index (χ0n) is 11.8. The van der Waals surface area contributed by atoms with E-state index in [1.54, 1.807) is 24.9 Å². The molecule has 0 heterocycles. The standard InChI is InChI=1S/C14H19F3N2O/c1-4-19(3)13(20)10(2)18-9-11-6-5-7-12(8-11)14(15,16)17/h5-8,10,18H,4,9H2,1-3H3. The summed E-state index contributed by atoms with van der Waals surface area (Å²) in [6.45, 7) is 4.36. The average molecular weight is 288 g/mol. The summed E-state index contributed by atoms with van der Waals surface area (Å²) in [5.74, 6) is -0.0838. The molecule has 0 aliphatic rings. The summed E-state index contributed by atoms with van der Waals surface area (Å²) in [6.07, 6.45) is -4.35. The normalized spacial score (nSPS) is 13.1. The first-order valence-electron chi connectivity index (χ1n) is 6.40. The van der Waals surface area contributed by atoms with Crippen LogP contribution in [0.3, 0.4) is 0 Å². The molecule has 1 unspecified atom stereocenters. The Morgan fingerprint density at radius 1 is 1.40 bits per heavy atom. The molecule has 0 aliphatic heterocycles. The Kier molecular flexibility index (Phi) is 5.56. The SMILES string of the molecule is CCN(C)C(=O)C(C)NCc1cccc(C(F)(F)F)c1. The van der Waals surface area contributed by atoms with Crippen LogP contribution >= 0.6 is 0 Å². The maximum absolute atomic E-state index is 12.6. The van der Waals surface area contributed by atoms with Gasteiger partial charge in [0.15, 0.2) is 0 Å². The van der Waals surface area contributed by atoms with Crippen molar-refractivity contribution in [2.45, 2.75) is 32.6 Å². The maximum atomic E-state index is 12.6. The molecular weight excluding hydrogens is 269 g/mol. The van der Waals surface area contributed by atoms with Crippen LogP contribution in [-0.4, -0.2) is 30.4 Å². The molecule has 20 heavy (non-hydrogen) atoms. The van der Waals surface area contributed by atoms with Gasteiger partial charge in [0.2, 0.25) is 5.91 Å². The van der Waals surface area contributed by atoms with Gasteiger partial charge in [0.1, 0.15) is 0 Å². The third-order valence-electron chi connectivity index (χ3n) is 3.09. The van der Waals surface area contributed by atoms with E-state index in [0.29, 0.717) is 12.1 Å². The Bertz CT molecular complexity index is 460. The molecule has 1 aromatic carbocycles. The Hall–Kier alpha value is -1.56. The van der Waals surface area contributed by atoms with Gasteiger partial charge in [0.05, 0.1) is 11.6 Å². The van der Waals surface area contributed by atoms with Crippen molar-refractivity contribution < 1.29 is 18.0 Å². The van der Waals surface area contributed by atoms with E-state index in [2.05, 4.69) is 5.32 Å². The number of hydrogen-bond donors (Lipinski definition) is 1. The molecule has 0 bridgehead atoms. The number of carbonyl (C=O) groups excluding carboxylic acids is 1. The Labute approximate surface area is 116 Å². The van der Waals surface area contributed by atoms with Crippen LogP contribution in [-0.2, 0) is 17.5 Å². The van der Waals surface area contributed by atoms with Crippen molar-refractivity contribution in [3.05, 3.63) is 35.4 Å². The van der Waals surface area contributed by atoms with Gasteiger partial charge in [0.25, 0.3) is 0 Å². The van der Waals surface area contributed by atoms with Crippen LogP contribution in [0.15, 0.2) is 24.3 Å². The highest BCUT2D eigenvalue weighted by molar-refractivity contribution is 5.81. The summed E-state index contributed by atoms with van der Waals surface area (Å²) in [7, 11) is 1.69. The number of benzene rings is 1. The van der Waals surface area contributed by atoms with Gasteiger partial charge in [0, 0.05) is 20.1 Å². The Morgan fingerprint density at radius 2 is 2.05 bits per heavy atom. The van der Waals surface area contributed by atoms with E-state index in [-0.39, 0.29) is 12.5 Å². The van der Waals surface area contributed by atoms with Crippen molar-refractivity contribution >= 4 is 5.91 Å². The van der Waals surface area contributed by atoms with Crippen LogP contribution in [0.25, 0.3) is 0 Å². The van der Waals surface area contributed by atoms with E-state index in [4.69, 9.17) is 0 Å². The second-order valence-corrected chi connectivity index (χ2v) is 4.65. The van der Waals surface area contributed by atoms with E-state index >= 15 is 0 Å². The van der Waals surface area contributed by atoms with Gasteiger partial charge >= 0.3 is 6.18 Å². The molecule has 0 radical (unpaired) electrons. The first-order chi connectivity index (χ1) is 9.25. The maximum Gasteiger partial charge on any atom is 0.416 e. The molecular formula is C14H19F3N2O. The smallest absolute Gasteiger partial charge is 0.345 e. The predicted molar refractivity (Wildman–Crippen MR) is 71.1 cm³/mol. The second kappa shape index (κ2) is 6.74. The molecule has 0 fully saturated rings. The van der Waals surface area contributed by atoms with E-state index in [1.165, 1.54) is 6.07 Å². The van der Waals surface area contributed by atoms with Crippen LogP contribution in [0.5, 0.6) is 0 Å². The zero-order valence-corrected chi connectivity index (χ0v) is 11.8. The topological polar surface area (TPSA) is 32.3 Å². The number of nitrogens with zero attached hydrogens (tertiary/aromatic N) is 1. The number of rotatable bonds is 5. The molecule has 1 aromatic rings.